The number of hydrogen-bond acceptors (Lipinski definition) is 4. The fourth-order valence-electron chi connectivity index (χ4n) is 3.26. The van der Waals surface area contributed by atoms with Crippen LogP contribution in [0.4, 0.5) is 0 Å². The molecule has 20 heavy (non-hydrogen) atoms. The number of amides is 1. The van der Waals surface area contributed by atoms with Crippen LogP contribution in [-0.4, -0.2) is 45.9 Å². The predicted octanol–water partition coefficient (Wildman–Crippen LogP) is 1.57. The van der Waals surface area contributed by atoms with Gasteiger partial charge in [-0.2, -0.15) is 0 Å². The standard InChI is InChI=1S/C15H22N4O/c1-10(2)14-13(7-16-9-17-14)15(20)19-6-5-11-3-4-12(8-19)18-11/h7,9-12,18H,3-6,8H2,1-2H3. The molecule has 0 aliphatic carbocycles. The minimum Gasteiger partial charge on any atom is -0.337 e. The molecule has 1 amide bonds. The van der Waals surface area contributed by atoms with Crippen LogP contribution in [0.2, 0.25) is 0 Å². The van der Waals surface area contributed by atoms with Crippen molar-refractivity contribution in [1.82, 2.24) is 20.2 Å². The summed E-state index contributed by atoms with van der Waals surface area (Å²) in [5, 5.41) is 3.60. The molecule has 2 saturated heterocycles. The molecule has 5 nitrogen and oxygen atoms in total. The number of hydrogen-bond donors (Lipinski definition) is 1. The third-order valence-electron chi connectivity index (χ3n) is 4.33. The van der Waals surface area contributed by atoms with Gasteiger partial charge in [0.2, 0.25) is 0 Å². The molecule has 0 saturated carbocycles. The minimum absolute atomic E-state index is 0.0867. The maximum Gasteiger partial charge on any atom is 0.257 e. The summed E-state index contributed by atoms with van der Waals surface area (Å²) < 4.78 is 0. The number of rotatable bonds is 2. The van der Waals surface area contributed by atoms with Gasteiger partial charge >= 0.3 is 0 Å². The van der Waals surface area contributed by atoms with Gasteiger partial charge < -0.3 is 10.2 Å². The Morgan fingerprint density at radius 2 is 2.15 bits per heavy atom. The van der Waals surface area contributed by atoms with E-state index in [2.05, 4.69) is 29.1 Å². The molecule has 5 heteroatoms. The molecular formula is C15H22N4O. The zero-order valence-electron chi connectivity index (χ0n) is 12.2. The van der Waals surface area contributed by atoms with E-state index in [0.29, 0.717) is 17.6 Å². The summed E-state index contributed by atoms with van der Waals surface area (Å²) >= 11 is 0. The van der Waals surface area contributed by atoms with Gasteiger partial charge in [0.05, 0.1) is 11.3 Å². The molecule has 1 aromatic heterocycles. The number of fused-ring (bicyclic) bond motifs is 2. The second-order valence-corrected chi connectivity index (χ2v) is 6.15. The first kappa shape index (κ1) is 13.5. The van der Waals surface area contributed by atoms with Crippen molar-refractivity contribution >= 4 is 5.91 Å². The molecular weight excluding hydrogens is 252 g/mol. The third-order valence-corrected chi connectivity index (χ3v) is 4.33. The Balaban J connectivity index is 1.82. The number of carbonyl (C=O) groups excluding carboxylic acids is 1. The monoisotopic (exact) mass is 274 g/mol. The van der Waals surface area contributed by atoms with E-state index in [9.17, 15) is 4.79 Å². The van der Waals surface area contributed by atoms with Crippen molar-refractivity contribution in [2.45, 2.75) is 51.1 Å². The van der Waals surface area contributed by atoms with Gasteiger partial charge in [-0.3, -0.25) is 4.79 Å². The Labute approximate surface area is 119 Å². The van der Waals surface area contributed by atoms with Crippen LogP contribution in [0.5, 0.6) is 0 Å². The Bertz CT molecular complexity index is 502. The summed E-state index contributed by atoms with van der Waals surface area (Å²) in [4.78, 5) is 23.1. The molecule has 108 valence electrons. The zero-order valence-corrected chi connectivity index (χ0v) is 12.2. The minimum atomic E-state index is 0.0867. The van der Waals surface area contributed by atoms with Crippen LogP contribution in [0, 0.1) is 0 Å². The molecule has 2 atom stereocenters. The lowest BCUT2D eigenvalue weighted by Crippen LogP contribution is -2.39. The summed E-state index contributed by atoms with van der Waals surface area (Å²) in [5.74, 6) is 0.321. The van der Waals surface area contributed by atoms with Crippen LogP contribution < -0.4 is 5.32 Å². The van der Waals surface area contributed by atoms with Gasteiger partial charge in [-0.05, 0) is 25.2 Å². The fourth-order valence-corrected chi connectivity index (χ4v) is 3.26. The van der Waals surface area contributed by atoms with Crippen molar-refractivity contribution < 1.29 is 4.79 Å². The SMILES string of the molecule is CC(C)c1ncncc1C(=O)N1CCC2CCC(C1)N2. The fraction of sp³-hybridized carbons (Fsp3) is 0.667. The summed E-state index contributed by atoms with van der Waals surface area (Å²) in [5.41, 5.74) is 1.52. The molecule has 3 heterocycles. The van der Waals surface area contributed by atoms with E-state index in [0.717, 1.165) is 25.2 Å². The highest BCUT2D eigenvalue weighted by Crippen LogP contribution is 2.23. The Kier molecular flexibility index (Phi) is 3.70. The third kappa shape index (κ3) is 2.54. The van der Waals surface area contributed by atoms with E-state index in [1.54, 1.807) is 6.20 Å². The number of likely N-dealkylation sites (tertiary alicyclic amines) is 1. The summed E-state index contributed by atoms with van der Waals surface area (Å²) in [6, 6.07) is 1.05. The molecule has 0 radical (unpaired) electrons. The summed E-state index contributed by atoms with van der Waals surface area (Å²) in [7, 11) is 0. The van der Waals surface area contributed by atoms with Crippen molar-refractivity contribution in [1.29, 1.82) is 0 Å². The lowest BCUT2D eigenvalue weighted by Gasteiger charge is -2.25. The molecule has 3 rings (SSSR count). The van der Waals surface area contributed by atoms with Crippen molar-refractivity contribution in [3.8, 4) is 0 Å². The summed E-state index contributed by atoms with van der Waals surface area (Å²) in [6.07, 6.45) is 6.67. The smallest absolute Gasteiger partial charge is 0.257 e. The van der Waals surface area contributed by atoms with E-state index >= 15 is 0 Å². The van der Waals surface area contributed by atoms with E-state index in [4.69, 9.17) is 0 Å². The highest BCUT2D eigenvalue weighted by Gasteiger charge is 2.32. The van der Waals surface area contributed by atoms with E-state index in [-0.39, 0.29) is 11.8 Å². The molecule has 1 aromatic rings. The molecule has 2 fully saturated rings. The van der Waals surface area contributed by atoms with Crippen molar-refractivity contribution in [2.24, 2.45) is 0 Å². The molecule has 2 aliphatic rings. The van der Waals surface area contributed by atoms with E-state index in [1.165, 1.54) is 19.2 Å². The topological polar surface area (TPSA) is 58.1 Å². The first-order valence-electron chi connectivity index (χ1n) is 7.50. The van der Waals surface area contributed by atoms with Crippen molar-refractivity contribution in [3.63, 3.8) is 0 Å². The van der Waals surface area contributed by atoms with Gasteiger partial charge in [-0.15, -0.1) is 0 Å². The first-order valence-corrected chi connectivity index (χ1v) is 7.50. The highest BCUT2D eigenvalue weighted by atomic mass is 16.2. The number of nitrogens with one attached hydrogen (secondary N) is 1. The number of aromatic nitrogens is 2. The normalized spacial score (nSPS) is 25.9. The molecule has 2 unspecified atom stereocenters. The van der Waals surface area contributed by atoms with Crippen LogP contribution in [0.3, 0.4) is 0 Å². The predicted molar refractivity (Wildman–Crippen MR) is 76.6 cm³/mol. The molecule has 2 aliphatic heterocycles. The lowest BCUT2D eigenvalue weighted by molar-refractivity contribution is 0.0745. The summed E-state index contributed by atoms with van der Waals surface area (Å²) in [6.45, 7) is 5.76. The average molecular weight is 274 g/mol. The van der Waals surface area contributed by atoms with Crippen molar-refractivity contribution in [3.05, 3.63) is 23.8 Å². The Morgan fingerprint density at radius 3 is 2.95 bits per heavy atom. The largest absolute Gasteiger partial charge is 0.337 e. The second kappa shape index (κ2) is 5.48. The maximum absolute atomic E-state index is 12.8. The van der Waals surface area contributed by atoms with Crippen LogP contribution >= 0.6 is 0 Å². The van der Waals surface area contributed by atoms with Gasteiger partial charge in [0.15, 0.2) is 0 Å². The van der Waals surface area contributed by atoms with Gasteiger partial charge in [0, 0.05) is 31.4 Å². The van der Waals surface area contributed by atoms with Crippen LogP contribution in [0.25, 0.3) is 0 Å². The number of nitrogens with zero attached hydrogens (tertiary/aromatic N) is 3. The lowest BCUT2D eigenvalue weighted by atomic mass is 10.0. The maximum atomic E-state index is 12.8. The van der Waals surface area contributed by atoms with Gasteiger partial charge in [0.1, 0.15) is 6.33 Å². The van der Waals surface area contributed by atoms with Gasteiger partial charge in [0.25, 0.3) is 5.91 Å². The van der Waals surface area contributed by atoms with Crippen molar-refractivity contribution in [2.75, 3.05) is 13.1 Å². The van der Waals surface area contributed by atoms with Crippen LogP contribution in [0.15, 0.2) is 12.5 Å². The van der Waals surface area contributed by atoms with E-state index in [1.807, 2.05) is 4.90 Å². The Hall–Kier alpha value is -1.49. The zero-order chi connectivity index (χ0) is 14.1. The molecule has 0 spiro atoms. The number of carbonyl (C=O) groups is 1. The van der Waals surface area contributed by atoms with Crippen LogP contribution in [0.1, 0.15) is 55.1 Å². The molecule has 0 aromatic carbocycles. The molecule has 2 bridgehead atoms. The van der Waals surface area contributed by atoms with Crippen LogP contribution in [-0.2, 0) is 0 Å². The average Bonchev–Trinajstić information content (AvgIpc) is 2.77. The van der Waals surface area contributed by atoms with Gasteiger partial charge in [-0.1, -0.05) is 13.8 Å². The van der Waals surface area contributed by atoms with Gasteiger partial charge in [-0.25, -0.2) is 9.97 Å². The highest BCUT2D eigenvalue weighted by molar-refractivity contribution is 5.95. The second-order valence-electron chi connectivity index (χ2n) is 6.15. The first-order chi connectivity index (χ1) is 9.65. The Morgan fingerprint density at radius 1 is 1.35 bits per heavy atom. The molecule has 1 N–H and O–H groups in total. The van der Waals surface area contributed by atoms with E-state index < -0.39 is 0 Å². The quantitative estimate of drug-likeness (QED) is 0.889.